The molecule has 0 aromatic heterocycles. The molecule has 5 nitrogen and oxygen atoms in total. The van der Waals surface area contributed by atoms with E-state index in [1.807, 2.05) is 0 Å². The van der Waals surface area contributed by atoms with E-state index in [0.29, 0.717) is 11.4 Å². The van der Waals surface area contributed by atoms with E-state index in [1.54, 1.807) is 55.5 Å². The number of rotatable bonds is 6. The van der Waals surface area contributed by atoms with Crippen LogP contribution in [0.3, 0.4) is 0 Å². The second kappa shape index (κ2) is 7.26. The molecule has 1 aliphatic rings. The number of ether oxygens (including phenoxy) is 1. The minimum absolute atomic E-state index is 0.102. The van der Waals surface area contributed by atoms with Gasteiger partial charge in [0.25, 0.3) is 0 Å². The number of allylic oxidation sites excluding steroid dienone is 5. The molecule has 0 unspecified atom stereocenters. The minimum atomic E-state index is -0.571. The highest BCUT2D eigenvalue weighted by atomic mass is 16.5. The first-order valence-electron chi connectivity index (χ1n) is 7.00. The van der Waals surface area contributed by atoms with Gasteiger partial charge < -0.3 is 15.8 Å². The van der Waals surface area contributed by atoms with Crippen molar-refractivity contribution in [3.63, 3.8) is 0 Å². The molecule has 3 N–H and O–H groups in total. The Morgan fingerprint density at radius 1 is 1.23 bits per heavy atom. The van der Waals surface area contributed by atoms with Gasteiger partial charge >= 0.3 is 5.97 Å². The SMILES string of the molecule is CCOC(=O)/C(=C\C(=O)C1C=CC=C1)Nc1ccc(N)cc1. The van der Waals surface area contributed by atoms with E-state index in [1.165, 1.54) is 6.08 Å². The van der Waals surface area contributed by atoms with Crippen LogP contribution in [0.1, 0.15) is 6.92 Å². The fourth-order valence-electron chi connectivity index (χ4n) is 1.94. The molecule has 22 heavy (non-hydrogen) atoms. The number of nitrogen functional groups attached to an aromatic ring is 1. The Hall–Kier alpha value is -2.82. The maximum atomic E-state index is 12.2. The molecule has 0 amide bonds. The number of anilines is 2. The molecule has 0 aliphatic heterocycles. The van der Waals surface area contributed by atoms with Gasteiger partial charge in [0, 0.05) is 17.5 Å². The van der Waals surface area contributed by atoms with Crippen LogP contribution in [0.5, 0.6) is 0 Å². The fourth-order valence-corrected chi connectivity index (χ4v) is 1.94. The summed E-state index contributed by atoms with van der Waals surface area (Å²) in [6.45, 7) is 1.94. The van der Waals surface area contributed by atoms with E-state index < -0.39 is 5.97 Å². The average Bonchev–Trinajstić information content (AvgIpc) is 3.03. The van der Waals surface area contributed by atoms with Crippen molar-refractivity contribution in [3.8, 4) is 0 Å². The summed E-state index contributed by atoms with van der Waals surface area (Å²) >= 11 is 0. The highest BCUT2D eigenvalue weighted by molar-refractivity contribution is 6.03. The third kappa shape index (κ3) is 4.09. The van der Waals surface area contributed by atoms with Crippen LogP contribution in [0.25, 0.3) is 0 Å². The third-order valence-corrected chi connectivity index (χ3v) is 3.05. The van der Waals surface area contributed by atoms with E-state index in [2.05, 4.69) is 5.32 Å². The molecule has 5 heteroatoms. The van der Waals surface area contributed by atoms with Crippen molar-refractivity contribution in [2.24, 2.45) is 5.92 Å². The zero-order valence-corrected chi connectivity index (χ0v) is 12.3. The van der Waals surface area contributed by atoms with Gasteiger partial charge in [-0.15, -0.1) is 0 Å². The first-order valence-corrected chi connectivity index (χ1v) is 7.00. The first kappa shape index (κ1) is 15.6. The van der Waals surface area contributed by atoms with Crippen LogP contribution >= 0.6 is 0 Å². The third-order valence-electron chi connectivity index (χ3n) is 3.05. The van der Waals surface area contributed by atoms with Gasteiger partial charge in [0.05, 0.1) is 12.5 Å². The van der Waals surface area contributed by atoms with Gasteiger partial charge in [0.2, 0.25) is 0 Å². The van der Waals surface area contributed by atoms with Crippen LogP contribution in [0.2, 0.25) is 0 Å². The lowest BCUT2D eigenvalue weighted by Crippen LogP contribution is -2.18. The van der Waals surface area contributed by atoms with Gasteiger partial charge in [-0.25, -0.2) is 4.79 Å². The maximum absolute atomic E-state index is 12.2. The Labute approximate surface area is 129 Å². The summed E-state index contributed by atoms with van der Waals surface area (Å²) in [5.74, 6) is -1.09. The van der Waals surface area contributed by atoms with Gasteiger partial charge in [-0.2, -0.15) is 0 Å². The number of ketones is 1. The normalized spacial score (nSPS) is 14.1. The van der Waals surface area contributed by atoms with Crippen LogP contribution in [0.4, 0.5) is 11.4 Å². The summed E-state index contributed by atoms with van der Waals surface area (Å²) in [7, 11) is 0. The second-order valence-corrected chi connectivity index (χ2v) is 4.72. The van der Waals surface area contributed by atoms with Crippen molar-refractivity contribution in [2.45, 2.75) is 6.92 Å². The lowest BCUT2D eigenvalue weighted by atomic mass is 10.1. The van der Waals surface area contributed by atoms with E-state index in [4.69, 9.17) is 10.5 Å². The Balaban J connectivity index is 2.20. The molecule has 1 aromatic rings. The molecule has 2 rings (SSSR count). The molecular weight excluding hydrogens is 280 g/mol. The summed E-state index contributed by atoms with van der Waals surface area (Å²) in [4.78, 5) is 24.2. The topological polar surface area (TPSA) is 81.4 Å². The van der Waals surface area contributed by atoms with Gasteiger partial charge in [0.15, 0.2) is 5.78 Å². The molecule has 0 heterocycles. The van der Waals surface area contributed by atoms with Crippen molar-refractivity contribution in [3.05, 3.63) is 60.3 Å². The van der Waals surface area contributed by atoms with E-state index in [-0.39, 0.29) is 24.0 Å². The van der Waals surface area contributed by atoms with Crippen molar-refractivity contribution in [1.82, 2.24) is 0 Å². The first-order chi connectivity index (χ1) is 10.6. The van der Waals surface area contributed by atoms with E-state index >= 15 is 0 Å². The molecular formula is C17H18N2O3. The van der Waals surface area contributed by atoms with E-state index in [9.17, 15) is 9.59 Å². The van der Waals surface area contributed by atoms with Crippen molar-refractivity contribution < 1.29 is 14.3 Å². The lowest BCUT2D eigenvalue weighted by Gasteiger charge is -2.11. The number of nitrogens with one attached hydrogen (secondary N) is 1. The molecule has 0 spiro atoms. The number of benzene rings is 1. The quantitative estimate of drug-likeness (QED) is 0.479. The predicted molar refractivity (Wildman–Crippen MR) is 86.0 cm³/mol. The lowest BCUT2D eigenvalue weighted by molar-refractivity contribution is -0.138. The molecule has 114 valence electrons. The summed E-state index contributed by atoms with van der Waals surface area (Å²) in [5.41, 5.74) is 6.99. The van der Waals surface area contributed by atoms with Gasteiger partial charge in [-0.1, -0.05) is 24.3 Å². The fraction of sp³-hybridized carbons (Fsp3) is 0.176. The number of esters is 1. The van der Waals surface area contributed by atoms with Crippen LogP contribution < -0.4 is 11.1 Å². The highest BCUT2D eigenvalue weighted by Gasteiger charge is 2.17. The van der Waals surface area contributed by atoms with Gasteiger partial charge in [-0.3, -0.25) is 4.79 Å². The number of hydrogen-bond donors (Lipinski definition) is 2. The molecule has 0 radical (unpaired) electrons. The zero-order chi connectivity index (χ0) is 15.9. The Morgan fingerprint density at radius 2 is 1.86 bits per heavy atom. The predicted octanol–water partition coefficient (Wildman–Crippen LogP) is 2.44. The highest BCUT2D eigenvalue weighted by Crippen LogP contribution is 2.16. The number of carbonyl (C=O) groups is 2. The zero-order valence-electron chi connectivity index (χ0n) is 12.3. The molecule has 0 fully saturated rings. The molecule has 0 saturated carbocycles. The van der Waals surface area contributed by atoms with E-state index in [0.717, 1.165) is 0 Å². The second-order valence-electron chi connectivity index (χ2n) is 4.72. The molecule has 1 aromatic carbocycles. The van der Waals surface area contributed by atoms with Gasteiger partial charge in [0.1, 0.15) is 5.70 Å². The largest absolute Gasteiger partial charge is 0.461 e. The Morgan fingerprint density at radius 3 is 2.45 bits per heavy atom. The monoisotopic (exact) mass is 298 g/mol. The summed E-state index contributed by atoms with van der Waals surface area (Å²) in [5, 5.41) is 2.91. The molecule has 0 saturated heterocycles. The van der Waals surface area contributed by atoms with Crippen molar-refractivity contribution >= 4 is 23.1 Å². The number of carbonyl (C=O) groups excluding carboxylic acids is 2. The molecule has 0 atom stereocenters. The number of nitrogens with two attached hydrogens (primary N) is 1. The summed E-state index contributed by atoms with van der Waals surface area (Å²) in [6, 6.07) is 6.86. The van der Waals surface area contributed by atoms with Crippen LogP contribution in [0, 0.1) is 5.92 Å². The van der Waals surface area contributed by atoms with Crippen LogP contribution in [-0.2, 0) is 14.3 Å². The smallest absolute Gasteiger partial charge is 0.354 e. The Bertz CT molecular complexity index is 630. The summed E-state index contributed by atoms with van der Waals surface area (Å²) in [6.07, 6.45) is 8.41. The van der Waals surface area contributed by atoms with Crippen LogP contribution in [-0.4, -0.2) is 18.4 Å². The standard InChI is InChI=1S/C17H18N2O3/c1-2-22-17(21)15(11-16(20)12-5-3-4-6-12)19-14-9-7-13(18)8-10-14/h3-12,19H,2,18H2,1H3/b15-11+. The molecule has 0 bridgehead atoms. The summed E-state index contributed by atoms with van der Waals surface area (Å²) < 4.78 is 4.98. The minimum Gasteiger partial charge on any atom is -0.461 e. The van der Waals surface area contributed by atoms with Crippen molar-refractivity contribution in [1.29, 1.82) is 0 Å². The average molecular weight is 298 g/mol. The Kier molecular flexibility index (Phi) is 5.14. The van der Waals surface area contributed by atoms with Crippen molar-refractivity contribution in [2.75, 3.05) is 17.7 Å². The number of hydrogen-bond acceptors (Lipinski definition) is 5. The van der Waals surface area contributed by atoms with Crippen LogP contribution in [0.15, 0.2) is 60.3 Å². The molecule has 1 aliphatic carbocycles. The maximum Gasteiger partial charge on any atom is 0.354 e. The van der Waals surface area contributed by atoms with Gasteiger partial charge in [-0.05, 0) is 31.2 Å².